The van der Waals surface area contributed by atoms with Gasteiger partial charge >= 0.3 is 0 Å². The first-order chi connectivity index (χ1) is 16.8. The molecular weight excluding hydrogens is 527 g/mol. The minimum atomic E-state index is -0.437. The number of benzene rings is 1. The van der Waals surface area contributed by atoms with Crippen molar-refractivity contribution >= 4 is 63.1 Å². The van der Waals surface area contributed by atoms with E-state index >= 15 is 0 Å². The van der Waals surface area contributed by atoms with Crippen molar-refractivity contribution in [3.8, 4) is 6.07 Å². The maximum Gasteiger partial charge on any atom is 0.251 e. The normalized spacial score (nSPS) is 13.6. The van der Waals surface area contributed by atoms with Crippen molar-refractivity contribution < 1.29 is 9.59 Å². The summed E-state index contributed by atoms with van der Waals surface area (Å²) in [5, 5.41) is 25.5. The lowest BCUT2D eigenvalue weighted by Crippen LogP contribution is -2.28. The molecule has 0 bridgehead atoms. The van der Waals surface area contributed by atoms with Crippen LogP contribution in [0.4, 0.5) is 5.00 Å². The second kappa shape index (κ2) is 11.0. The molecule has 1 aliphatic rings. The second-order valence-electron chi connectivity index (χ2n) is 8.09. The number of nitrogens with zero attached hydrogens (tertiary/aromatic N) is 4. The molecule has 2 amide bonds. The van der Waals surface area contributed by atoms with Gasteiger partial charge in [-0.05, 0) is 56.4 Å². The van der Waals surface area contributed by atoms with Gasteiger partial charge in [-0.2, -0.15) is 5.26 Å². The Hall–Kier alpha value is -2.58. The Labute approximate surface area is 221 Å². The third-order valence-corrected chi connectivity index (χ3v) is 8.62. The van der Waals surface area contributed by atoms with E-state index in [1.807, 2.05) is 0 Å². The number of amides is 2. The highest BCUT2D eigenvalue weighted by molar-refractivity contribution is 7.99. The largest absolute Gasteiger partial charge is 0.342 e. The van der Waals surface area contributed by atoms with Crippen LogP contribution >= 0.6 is 46.3 Å². The summed E-state index contributed by atoms with van der Waals surface area (Å²) in [6.45, 7) is 1.79. The summed E-state index contributed by atoms with van der Waals surface area (Å²) in [5.74, 6) is 0.123. The fourth-order valence-electron chi connectivity index (χ4n) is 3.88. The Bertz CT molecular complexity index is 1330. The van der Waals surface area contributed by atoms with Crippen molar-refractivity contribution in [2.24, 2.45) is 7.05 Å². The van der Waals surface area contributed by atoms with Crippen LogP contribution in [0.5, 0.6) is 0 Å². The van der Waals surface area contributed by atoms with Crippen molar-refractivity contribution in [2.75, 3.05) is 11.1 Å². The Balaban J connectivity index is 1.36. The highest BCUT2D eigenvalue weighted by Gasteiger charge is 2.23. The standard InChI is InChI=1S/C23H22Cl2N6O2S2/c1-12(27-21(33)13-7-8-16(24)17(25)9-13)20-29-30-23(31(20)2)34-11-19(32)28-22-15(10-26)14-5-3-4-6-18(14)35-22/h7-9,12H,3-6,11H2,1-2H3,(H,27,33)(H,28,32)/t12-/m0/s1. The average molecular weight is 550 g/mol. The first-order valence-corrected chi connectivity index (χ1v) is 13.5. The number of nitriles is 1. The number of hydrogen-bond donors (Lipinski definition) is 2. The Morgan fingerprint density at radius 2 is 2.03 bits per heavy atom. The highest BCUT2D eigenvalue weighted by Crippen LogP contribution is 2.37. The van der Waals surface area contributed by atoms with E-state index in [9.17, 15) is 14.9 Å². The van der Waals surface area contributed by atoms with Gasteiger partial charge in [-0.3, -0.25) is 9.59 Å². The molecule has 1 aromatic carbocycles. The van der Waals surface area contributed by atoms with E-state index in [1.54, 1.807) is 30.7 Å². The summed E-state index contributed by atoms with van der Waals surface area (Å²) in [6.07, 6.45) is 4.03. The van der Waals surface area contributed by atoms with Crippen molar-refractivity contribution in [1.82, 2.24) is 20.1 Å². The molecule has 0 radical (unpaired) electrons. The minimum absolute atomic E-state index is 0.115. The Morgan fingerprint density at radius 1 is 1.26 bits per heavy atom. The number of anilines is 1. The van der Waals surface area contributed by atoms with E-state index in [0.29, 0.717) is 37.2 Å². The van der Waals surface area contributed by atoms with E-state index in [1.165, 1.54) is 34.0 Å². The summed E-state index contributed by atoms with van der Waals surface area (Å²) in [4.78, 5) is 26.4. The van der Waals surface area contributed by atoms with Crippen LogP contribution in [0, 0.1) is 11.3 Å². The number of carbonyl (C=O) groups excluding carboxylic acids is 2. The van der Waals surface area contributed by atoms with E-state index in [4.69, 9.17) is 23.2 Å². The lowest BCUT2D eigenvalue weighted by molar-refractivity contribution is -0.113. The number of carbonyl (C=O) groups is 2. The van der Waals surface area contributed by atoms with Crippen molar-refractivity contribution in [1.29, 1.82) is 5.26 Å². The van der Waals surface area contributed by atoms with Gasteiger partial charge in [0.05, 0.1) is 27.4 Å². The molecular formula is C23H22Cl2N6O2S2. The molecule has 1 aliphatic carbocycles. The second-order valence-corrected chi connectivity index (χ2v) is 10.9. The highest BCUT2D eigenvalue weighted by atomic mass is 35.5. The molecule has 2 aromatic heterocycles. The average Bonchev–Trinajstić information content (AvgIpc) is 3.38. The maximum atomic E-state index is 12.6. The van der Waals surface area contributed by atoms with E-state index < -0.39 is 6.04 Å². The van der Waals surface area contributed by atoms with Crippen LogP contribution in [0.3, 0.4) is 0 Å². The van der Waals surface area contributed by atoms with Gasteiger partial charge in [-0.15, -0.1) is 21.5 Å². The van der Waals surface area contributed by atoms with Gasteiger partial charge < -0.3 is 15.2 Å². The van der Waals surface area contributed by atoms with Crippen LogP contribution in [-0.4, -0.2) is 32.3 Å². The quantitative estimate of drug-likeness (QED) is 0.394. The van der Waals surface area contributed by atoms with Gasteiger partial charge in [0.1, 0.15) is 11.1 Å². The van der Waals surface area contributed by atoms with Crippen molar-refractivity contribution in [3.63, 3.8) is 0 Å². The molecule has 0 spiro atoms. The van der Waals surface area contributed by atoms with Gasteiger partial charge in [0, 0.05) is 17.5 Å². The van der Waals surface area contributed by atoms with Gasteiger partial charge in [-0.25, -0.2) is 0 Å². The summed E-state index contributed by atoms with van der Waals surface area (Å²) in [5.41, 5.74) is 2.06. The molecule has 0 saturated carbocycles. The van der Waals surface area contributed by atoms with Crippen LogP contribution in [0.25, 0.3) is 0 Å². The number of nitrogens with one attached hydrogen (secondary N) is 2. The predicted octanol–water partition coefficient (Wildman–Crippen LogP) is 5.16. The lowest BCUT2D eigenvalue weighted by atomic mass is 9.96. The third kappa shape index (κ3) is 5.64. The summed E-state index contributed by atoms with van der Waals surface area (Å²) in [7, 11) is 1.78. The summed E-state index contributed by atoms with van der Waals surface area (Å²) < 4.78 is 1.74. The van der Waals surface area contributed by atoms with Crippen LogP contribution < -0.4 is 10.6 Å². The Kier molecular flexibility index (Phi) is 8.02. The molecule has 0 aliphatic heterocycles. The van der Waals surface area contributed by atoms with Gasteiger partial charge in [0.2, 0.25) is 5.91 Å². The first kappa shape index (κ1) is 25.5. The molecule has 4 rings (SSSR count). The topological polar surface area (TPSA) is 113 Å². The number of aryl methyl sites for hydroxylation is 1. The van der Waals surface area contributed by atoms with Crippen molar-refractivity contribution in [2.45, 2.75) is 43.8 Å². The molecule has 2 heterocycles. The number of halogens is 2. The SMILES string of the molecule is C[C@H](NC(=O)c1ccc(Cl)c(Cl)c1)c1nnc(SCC(=O)Nc2sc3c(c2C#N)CCCC3)n1C. The number of aromatic nitrogens is 3. The molecule has 182 valence electrons. The zero-order valence-electron chi connectivity index (χ0n) is 19.0. The lowest BCUT2D eigenvalue weighted by Gasteiger charge is -2.14. The number of thiophene rings is 1. The van der Waals surface area contributed by atoms with Crippen LogP contribution in [0.2, 0.25) is 10.0 Å². The Morgan fingerprint density at radius 3 is 2.77 bits per heavy atom. The maximum absolute atomic E-state index is 12.6. The molecule has 3 aromatic rings. The molecule has 0 unspecified atom stereocenters. The van der Waals surface area contributed by atoms with E-state index in [2.05, 4.69) is 26.9 Å². The molecule has 8 nitrogen and oxygen atoms in total. The first-order valence-electron chi connectivity index (χ1n) is 10.9. The minimum Gasteiger partial charge on any atom is -0.342 e. The molecule has 2 N–H and O–H groups in total. The van der Waals surface area contributed by atoms with Gasteiger partial charge in [0.25, 0.3) is 5.91 Å². The van der Waals surface area contributed by atoms with Gasteiger partial charge in [0.15, 0.2) is 11.0 Å². The monoisotopic (exact) mass is 548 g/mol. The molecule has 0 fully saturated rings. The molecule has 35 heavy (non-hydrogen) atoms. The fraction of sp³-hybridized carbons (Fsp3) is 0.348. The number of hydrogen-bond acceptors (Lipinski definition) is 7. The van der Waals surface area contributed by atoms with Crippen LogP contribution in [-0.2, 0) is 24.7 Å². The zero-order valence-corrected chi connectivity index (χ0v) is 22.2. The van der Waals surface area contributed by atoms with Gasteiger partial charge in [-0.1, -0.05) is 35.0 Å². The zero-order chi connectivity index (χ0) is 25.1. The van der Waals surface area contributed by atoms with E-state index in [-0.39, 0.29) is 17.6 Å². The van der Waals surface area contributed by atoms with Crippen molar-refractivity contribution in [3.05, 3.63) is 55.6 Å². The van der Waals surface area contributed by atoms with E-state index in [0.717, 1.165) is 31.2 Å². The van der Waals surface area contributed by atoms with Crippen LogP contribution in [0.15, 0.2) is 23.4 Å². The fourth-order valence-corrected chi connectivity index (χ4v) is 6.15. The molecule has 12 heteroatoms. The van der Waals surface area contributed by atoms with Crippen LogP contribution in [0.1, 0.15) is 58.0 Å². The summed E-state index contributed by atoms with van der Waals surface area (Å²) in [6, 6.07) is 6.48. The summed E-state index contributed by atoms with van der Waals surface area (Å²) >= 11 is 14.7. The predicted molar refractivity (Wildman–Crippen MR) is 138 cm³/mol. The molecule has 1 atom stereocenters. The number of rotatable bonds is 7. The smallest absolute Gasteiger partial charge is 0.251 e. The number of thioether (sulfide) groups is 1. The third-order valence-electron chi connectivity index (χ3n) is 5.65. The molecule has 0 saturated heterocycles. The number of fused-ring (bicyclic) bond motifs is 1.